The van der Waals surface area contributed by atoms with Crippen molar-refractivity contribution in [3.63, 3.8) is 0 Å². The Bertz CT molecular complexity index is 477. The molecule has 2 aliphatic rings. The molecule has 2 atom stereocenters. The van der Waals surface area contributed by atoms with Gasteiger partial charge in [0.1, 0.15) is 11.5 Å². The number of phenols is 1. The van der Waals surface area contributed by atoms with Crippen molar-refractivity contribution in [2.24, 2.45) is 0 Å². The van der Waals surface area contributed by atoms with Crippen molar-refractivity contribution in [1.82, 2.24) is 4.90 Å². The summed E-state index contributed by atoms with van der Waals surface area (Å²) in [7, 11) is 0. The largest absolute Gasteiger partial charge is 0.507 e. The Hall–Kier alpha value is -1.26. The number of morpholine rings is 1. The maximum absolute atomic E-state index is 10.2. The first kappa shape index (κ1) is 14.7. The molecule has 2 fully saturated rings. The van der Waals surface area contributed by atoms with Crippen LogP contribution in [0.4, 0.5) is 0 Å². The topological polar surface area (TPSA) is 41.9 Å². The SMILES string of the molecule is CCCOc1ccc(CN2CCOC3CCCC32)c(O)c1. The average molecular weight is 291 g/mol. The lowest BCUT2D eigenvalue weighted by Gasteiger charge is -2.37. The highest BCUT2D eigenvalue weighted by Gasteiger charge is 2.36. The number of hydrogen-bond donors (Lipinski definition) is 1. The van der Waals surface area contributed by atoms with E-state index in [4.69, 9.17) is 9.47 Å². The fourth-order valence-corrected chi connectivity index (χ4v) is 3.41. The van der Waals surface area contributed by atoms with E-state index in [0.29, 0.717) is 24.5 Å². The third-order valence-electron chi connectivity index (χ3n) is 4.50. The van der Waals surface area contributed by atoms with Gasteiger partial charge in [-0.1, -0.05) is 13.0 Å². The Kier molecular flexibility index (Phi) is 4.66. The number of fused-ring (bicyclic) bond motifs is 1. The summed E-state index contributed by atoms with van der Waals surface area (Å²) < 4.78 is 11.4. The highest BCUT2D eigenvalue weighted by molar-refractivity contribution is 5.39. The highest BCUT2D eigenvalue weighted by Crippen LogP contribution is 2.32. The first-order valence-electron chi connectivity index (χ1n) is 8.08. The lowest BCUT2D eigenvalue weighted by atomic mass is 10.1. The van der Waals surface area contributed by atoms with Crippen molar-refractivity contribution in [2.45, 2.75) is 51.3 Å². The van der Waals surface area contributed by atoms with Crippen LogP contribution in [0.1, 0.15) is 38.2 Å². The van der Waals surface area contributed by atoms with Crippen molar-refractivity contribution < 1.29 is 14.6 Å². The minimum atomic E-state index is 0.338. The molecule has 1 aliphatic heterocycles. The molecule has 0 radical (unpaired) electrons. The molecule has 1 aromatic carbocycles. The van der Waals surface area contributed by atoms with Crippen LogP contribution in [-0.2, 0) is 11.3 Å². The molecule has 4 nitrogen and oxygen atoms in total. The Morgan fingerprint density at radius 2 is 2.29 bits per heavy atom. The van der Waals surface area contributed by atoms with E-state index < -0.39 is 0 Å². The Morgan fingerprint density at radius 1 is 1.38 bits per heavy atom. The summed E-state index contributed by atoms with van der Waals surface area (Å²) >= 11 is 0. The second-order valence-corrected chi connectivity index (χ2v) is 6.02. The van der Waals surface area contributed by atoms with E-state index in [0.717, 1.165) is 37.4 Å². The number of aromatic hydroxyl groups is 1. The normalized spacial score (nSPS) is 25.8. The quantitative estimate of drug-likeness (QED) is 0.905. The fourth-order valence-electron chi connectivity index (χ4n) is 3.41. The van der Waals surface area contributed by atoms with E-state index >= 15 is 0 Å². The van der Waals surface area contributed by atoms with Crippen molar-refractivity contribution in [3.05, 3.63) is 23.8 Å². The van der Waals surface area contributed by atoms with Crippen LogP contribution in [-0.4, -0.2) is 41.9 Å². The molecule has 0 amide bonds. The second kappa shape index (κ2) is 6.67. The van der Waals surface area contributed by atoms with Gasteiger partial charge >= 0.3 is 0 Å². The monoisotopic (exact) mass is 291 g/mol. The minimum absolute atomic E-state index is 0.338. The van der Waals surface area contributed by atoms with Gasteiger partial charge < -0.3 is 14.6 Å². The number of nitrogens with zero attached hydrogens (tertiary/aromatic N) is 1. The van der Waals surface area contributed by atoms with E-state index in [-0.39, 0.29) is 0 Å². The van der Waals surface area contributed by atoms with E-state index in [1.807, 2.05) is 12.1 Å². The molecule has 2 unspecified atom stereocenters. The zero-order valence-electron chi connectivity index (χ0n) is 12.8. The number of ether oxygens (including phenoxy) is 2. The number of hydrogen-bond acceptors (Lipinski definition) is 4. The molecule has 1 saturated heterocycles. The van der Waals surface area contributed by atoms with Gasteiger partial charge in [-0.15, -0.1) is 0 Å². The van der Waals surface area contributed by atoms with Crippen LogP contribution >= 0.6 is 0 Å². The van der Waals surface area contributed by atoms with Gasteiger partial charge in [0.05, 0.1) is 19.3 Å². The molecular formula is C17H25NO3. The smallest absolute Gasteiger partial charge is 0.123 e. The lowest BCUT2D eigenvalue weighted by Crippen LogP contribution is -2.47. The van der Waals surface area contributed by atoms with Crippen LogP contribution in [0.25, 0.3) is 0 Å². The van der Waals surface area contributed by atoms with Gasteiger partial charge in [-0.05, 0) is 31.7 Å². The maximum Gasteiger partial charge on any atom is 0.123 e. The van der Waals surface area contributed by atoms with Crippen LogP contribution < -0.4 is 4.74 Å². The maximum atomic E-state index is 10.2. The molecule has 1 aliphatic carbocycles. The summed E-state index contributed by atoms with van der Waals surface area (Å²) in [6, 6.07) is 6.20. The molecule has 1 heterocycles. The molecule has 1 aromatic rings. The van der Waals surface area contributed by atoms with Crippen molar-refractivity contribution in [2.75, 3.05) is 19.8 Å². The van der Waals surface area contributed by atoms with E-state index in [9.17, 15) is 5.11 Å². The summed E-state index contributed by atoms with van der Waals surface area (Å²) in [5.74, 6) is 1.09. The molecule has 21 heavy (non-hydrogen) atoms. The van der Waals surface area contributed by atoms with Gasteiger partial charge in [0.25, 0.3) is 0 Å². The number of rotatable bonds is 5. The summed E-state index contributed by atoms with van der Waals surface area (Å²) in [5, 5.41) is 10.2. The minimum Gasteiger partial charge on any atom is -0.507 e. The van der Waals surface area contributed by atoms with Crippen LogP contribution in [0.5, 0.6) is 11.5 Å². The first-order chi connectivity index (χ1) is 10.3. The van der Waals surface area contributed by atoms with E-state index in [1.165, 1.54) is 19.3 Å². The molecule has 3 rings (SSSR count). The summed E-state index contributed by atoms with van der Waals surface area (Å²) in [6.45, 7) is 5.31. The Labute approximate surface area is 126 Å². The zero-order chi connectivity index (χ0) is 14.7. The second-order valence-electron chi connectivity index (χ2n) is 6.02. The van der Waals surface area contributed by atoms with Crippen molar-refractivity contribution in [1.29, 1.82) is 0 Å². The van der Waals surface area contributed by atoms with Gasteiger partial charge in [0, 0.05) is 30.8 Å². The standard InChI is InChI=1S/C17H25NO3/c1-2-9-20-14-7-6-13(16(19)11-14)12-18-8-10-21-17-5-3-4-15(17)18/h6-7,11,15,17,19H,2-5,8-10,12H2,1H3. The predicted octanol–water partition coefficient (Wildman–Crippen LogP) is 2.93. The van der Waals surface area contributed by atoms with Crippen LogP contribution in [0.15, 0.2) is 18.2 Å². The van der Waals surface area contributed by atoms with Crippen molar-refractivity contribution in [3.8, 4) is 11.5 Å². The molecule has 0 spiro atoms. The van der Waals surface area contributed by atoms with Gasteiger partial charge in [0.2, 0.25) is 0 Å². The fraction of sp³-hybridized carbons (Fsp3) is 0.647. The molecule has 1 saturated carbocycles. The molecule has 1 N–H and O–H groups in total. The van der Waals surface area contributed by atoms with Gasteiger partial charge in [-0.25, -0.2) is 0 Å². The van der Waals surface area contributed by atoms with Crippen molar-refractivity contribution >= 4 is 0 Å². The Balaban J connectivity index is 1.66. The summed E-state index contributed by atoms with van der Waals surface area (Å²) in [5.41, 5.74) is 0.978. The summed E-state index contributed by atoms with van der Waals surface area (Å²) in [4.78, 5) is 2.46. The van der Waals surface area contributed by atoms with E-state index in [1.54, 1.807) is 6.07 Å². The van der Waals surface area contributed by atoms with Crippen LogP contribution in [0.3, 0.4) is 0 Å². The van der Waals surface area contributed by atoms with Crippen LogP contribution in [0.2, 0.25) is 0 Å². The highest BCUT2D eigenvalue weighted by atomic mass is 16.5. The molecule has 0 bridgehead atoms. The van der Waals surface area contributed by atoms with Gasteiger partial charge in [-0.2, -0.15) is 0 Å². The lowest BCUT2D eigenvalue weighted by molar-refractivity contribution is -0.0590. The van der Waals surface area contributed by atoms with Gasteiger partial charge in [0.15, 0.2) is 0 Å². The molecule has 4 heteroatoms. The Morgan fingerprint density at radius 3 is 3.10 bits per heavy atom. The van der Waals surface area contributed by atoms with Crippen LogP contribution in [0, 0.1) is 0 Å². The third kappa shape index (κ3) is 3.33. The predicted molar refractivity (Wildman–Crippen MR) is 81.7 cm³/mol. The van der Waals surface area contributed by atoms with Gasteiger partial charge in [-0.3, -0.25) is 4.90 Å². The third-order valence-corrected chi connectivity index (χ3v) is 4.50. The number of benzene rings is 1. The van der Waals surface area contributed by atoms with E-state index in [2.05, 4.69) is 11.8 Å². The average Bonchev–Trinajstić information content (AvgIpc) is 2.97. The number of phenolic OH excluding ortho intramolecular Hbond substituents is 1. The zero-order valence-corrected chi connectivity index (χ0v) is 12.8. The first-order valence-corrected chi connectivity index (χ1v) is 8.08. The molecular weight excluding hydrogens is 266 g/mol. The molecule has 0 aromatic heterocycles. The molecule has 116 valence electrons. The summed E-state index contributed by atoms with van der Waals surface area (Å²) in [6.07, 6.45) is 5.01.